The zero-order valence-corrected chi connectivity index (χ0v) is 7.89. The number of rotatable bonds is 1. The van der Waals surface area contributed by atoms with E-state index in [0.29, 0.717) is 5.92 Å². The average molecular weight is 170 g/mol. The van der Waals surface area contributed by atoms with Gasteiger partial charge in [0.05, 0.1) is 5.54 Å². The van der Waals surface area contributed by atoms with Crippen molar-refractivity contribution in [3.8, 4) is 0 Å². The van der Waals surface area contributed by atoms with E-state index in [1.807, 2.05) is 0 Å². The zero-order chi connectivity index (χ0) is 9.19. The fourth-order valence-corrected chi connectivity index (χ4v) is 1.94. The van der Waals surface area contributed by atoms with Crippen LogP contribution in [0.3, 0.4) is 0 Å². The molecule has 3 nitrogen and oxygen atoms in total. The van der Waals surface area contributed by atoms with Gasteiger partial charge in [-0.15, -0.1) is 0 Å². The first-order valence-corrected chi connectivity index (χ1v) is 4.62. The number of amides is 1. The molecule has 1 fully saturated rings. The minimum absolute atomic E-state index is 0.00491. The van der Waals surface area contributed by atoms with E-state index in [4.69, 9.17) is 5.73 Å². The summed E-state index contributed by atoms with van der Waals surface area (Å²) in [7, 11) is 1.65. The molecule has 0 aromatic heterocycles. The number of carbonyl (C=O) groups is 1. The number of nitrogens with two attached hydrogens (primary N) is 1. The van der Waals surface area contributed by atoms with E-state index in [9.17, 15) is 4.79 Å². The number of nitrogens with one attached hydrogen (secondary N) is 1. The van der Waals surface area contributed by atoms with Crippen LogP contribution in [0.5, 0.6) is 0 Å². The number of carbonyl (C=O) groups excluding carboxylic acids is 1. The second-order valence-corrected chi connectivity index (χ2v) is 3.77. The van der Waals surface area contributed by atoms with Gasteiger partial charge in [-0.05, 0) is 18.8 Å². The highest BCUT2D eigenvalue weighted by molar-refractivity contribution is 5.86. The van der Waals surface area contributed by atoms with Crippen LogP contribution in [0.4, 0.5) is 0 Å². The van der Waals surface area contributed by atoms with Gasteiger partial charge in [0.1, 0.15) is 0 Å². The molecule has 3 N–H and O–H groups in total. The first-order chi connectivity index (χ1) is 5.61. The molecular formula is C9H18N2O. The number of likely N-dealkylation sites (N-methyl/N-ethyl adjacent to an activating group) is 1. The van der Waals surface area contributed by atoms with Crippen LogP contribution in [0, 0.1) is 5.92 Å². The lowest BCUT2D eigenvalue weighted by Gasteiger charge is -2.37. The predicted octanol–water partition coefficient (Wildman–Crippen LogP) is 0.640. The minimum Gasteiger partial charge on any atom is -0.358 e. The Balaban J connectivity index is 2.72. The lowest BCUT2D eigenvalue weighted by atomic mass is 9.74. The maximum atomic E-state index is 11.5. The summed E-state index contributed by atoms with van der Waals surface area (Å²) in [5.74, 6) is 0.306. The Morgan fingerprint density at radius 3 is 2.75 bits per heavy atom. The van der Waals surface area contributed by atoms with Crippen LogP contribution in [0.15, 0.2) is 0 Å². The van der Waals surface area contributed by atoms with Crippen LogP contribution in [0.25, 0.3) is 0 Å². The highest BCUT2D eigenvalue weighted by Gasteiger charge is 2.40. The van der Waals surface area contributed by atoms with Crippen molar-refractivity contribution in [2.45, 2.75) is 38.1 Å². The molecule has 3 heteroatoms. The van der Waals surface area contributed by atoms with Gasteiger partial charge >= 0.3 is 0 Å². The molecule has 12 heavy (non-hydrogen) atoms. The predicted molar refractivity (Wildman–Crippen MR) is 48.6 cm³/mol. The highest BCUT2D eigenvalue weighted by Crippen LogP contribution is 2.31. The summed E-state index contributed by atoms with van der Waals surface area (Å²) in [5, 5.41) is 2.64. The Bertz CT molecular complexity index is 181. The van der Waals surface area contributed by atoms with E-state index in [-0.39, 0.29) is 5.91 Å². The topological polar surface area (TPSA) is 55.1 Å². The van der Waals surface area contributed by atoms with E-state index in [2.05, 4.69) is 12.2 Å². The van der Waals surface area contributed by atoms with Crippen LogP contribution in [0.2, 0.25) is 0 Å². The number of hydrogen-bond donors (Lipinski definition) is 2. The molecule has 0 aromatic carbocycles. The van der Waals surface area contributed by atoms with Gasteiger partial charge < -0.3 is 11.1 Å². The second-order valence-electron chi connectivity index (χ2n) is 3.77. The van der Waals surface area contributed by atoms with Crippen LogP contribution < -0.4 is 11.1 Å². The van der Waals surface area contributed by atoms with Crippen molar-refractivity contribution in [3.05, 3.63) is 0 Å². The molecule has 0 saturated heterocycles. The maximum absolute atomic E-state index is 11.5. The van der Waals surface area contributed by atoms with Crippen molar-refractivity contribution in [2.75, 3.05) is 7.05 Å². The maximum Gasteiger partial charge on any atom is 0.240 e. The van der Waals surface area contributed by atoms with Crippen molar-refractivity contribution in [2.24, 2.45) is 11.7 Å². The summed E-state index contributed by atoms with van der Waals surface area (Å²) >= 11 is 0. The zero-order valence-electron chi connectivity index (χ0n) is 7.89. The van der Waals surface area contributed by atoms with Crippen molar-refractivity contribution < 1.29 is 4.79 Å². The molecule has 70 valence electrons. The Hall–Kier alpha value is -0.570. The highest BCUT2D eigenvalue weighted by atomic mass is 16.2. The summed E-state index contributed by atoms with van der Waals surface area (Å²) in [6.45, 7) is 2.06. The first-order valence-electron chi connectivity index (χ1n) is 4.62. The first kappa shape index (κ1) is 9.52. The van der Waals surface area contributed by atoms with Crippen LogP contribution in [0.1, 0.15) is 32.6 Å². The van der Waals surface area contributed by atoms with Gasteiger partial charge in [0.25, 0.3) is 0 Å². The lowest BCUT2D eigenvalue weighted by Crippen LogP contribution is -2.58. The van der Waals surface area contributed by atoms with Gasteiger partial charge in [-0.1, -0.05) is 19.8 Å². The smallest absolute Gasteiger partial charge is 0.240 e. The summed E-state index contributed by atoms with van der Waals surface area (Å²) in [4.78, 5) is 11.5. The van der Waals surface area contributed by atoms with E-state index in [1.54, 1.807) is 7.05 Å². The molecule has 2 unspecified atom stereocenters. The van der Waals surface area contributed by atoms with Gasteiger partial charge in [-0.2, -0.15) is 0 Å². The van der Waals surface area contributed by atoms with Gasteiger partial charge in [0.15, 0.2) is 0 Å². The van der Waals surface area contributed by atoms with Crippen molar-refractivity contribution in [3.63, 3.8) is 0 Å². The minimum atomic E-state index is -0.604. The molecule has 0 aromatic rings. The molecule has 1 rings (SSSR count). The largest absolute Gasteiger partial charge is 0.358 e. The summed E-state index contributed by atoms with van der Waals surface area (Å²) in [6.07, 6.45) is 4.18. The van der Waals surface area contributed by atoms with Gasteiger partial charge in [0.2, 0.25) is 5.91 Å². The average Bonchev–Trinajstić information content (AvgIpc) is 2.09. The fourth-order valence-electron chi connectivity index (χ4n) is 1.94. The molecule has 1 saturated carbocycles. The van der Waals surface area contributed by atoms with Gasteiger partial charge in [-0.3, -0.25) is 4.79 Å². The Labute approximate surface area is 73.7 Å². The molecule has 1 aliphatic carbocycles. The Morgan fingerprint density at radius 1 is 1.58 bits per heavy atom. The molecular weight excluding hydrogens is 152 g/mol. The van der Waals surface area contributed by atoms with E-state index >= 15 is 0 Å². The molecule has 0 aliphatic heterocycles. The third-order valence-electron chi connectivity index (χ3n) is 3.01. The van der Waals surface area contributed by atoms with Crippen LogP contribution in [-0.4, -0.2) is 18.5 Å². The van der Waals surface area contributed by atoms with E-state index < -0.39 is 5.54 Å². The molecule has 0 bridgehead atoms. The van der Waals surface area contributed by atoms with Gasteiger partial charge in [-0.25, -0.2) is 0 Å². The molecule has 0 spiro atoms. The third-order valence-corrected chi connectivity index (χ3v) is 3.01. The standard InChI is InChI=1S/C9H18N2O/c1-7-5-3-4-6-9(7,10)8(12)11-2/h7H,3-6,10H2,1-2H3,(H,11,12). The summed E-state index contributed by atoms with van der Waals surface area (Å²) < 4.78 is 0. The Kier molecular flexibility index (Phi) is 2.73. The van der Waals surface area contributed by atoms with E-state index in [0.717, 1.165) is 19.3 Å². The van der Waals surface area contributed by atoms with Crippen LogP contribution in [-0.2, 0) is 4.79 Å². The van der Waals surface area contributed by atoms with Crippen molar-refractivity contribution >= 4 is 5.91 Å². The molecule has 1 amide bonds. The SMILES string of the molecule is CNC(=O)C1(N)CCCCC1C. The molecule has 0 heterocycles. The van der Waals surface area contributed by atoms with Crippen LogP contribution >= 0.6 is 0 Å². The third kappa shape index (κ3) is 1.46. The van der Waals surface area contributed by atoms with E-state index in [1.165, 1.54) is 6.42 Å². The molecule has 2 atom stereocenters. The van der Waals surface area contributed by atoms with Gasteiger partial charge in [0, 0.05) is 7.05 Å². The number of hydrogen-bond acceptors (Lipinski definition) is 2. The molecule has 1 aliphatic rings. The lowest BCUT2D eigenvalue weighted by molar-refractivity contribution is -0.128. The van der Waals surface area contributed by atoms with Crippen molar-refractivity contribution in [1.82, 2.24) is 5.32 Å². The Morgan fingerprint density at radius 2 is 2.25 bits per heavy atom. The molecule has 0 radical (unpaired) electrons. The summed E-state index contributed by atoms with van der Waals surface area (Å²) in [6, 6.07) is 0. The second kappa shape index (κ2) is 3.44. The quantitative estimate of drug-likeness (QED) is 0.606. The summed E-state index contributed by atoms with van der Waals surface area (Å²) in [5.41, 5.74) is 5.44. The monoisotopic (exact) mass is 170 g/mol. The normalized spacial score (nSPS) is 36.1. The fraction of sp³-hybridized carbons (Fsp3) is 0.889. The van der Waals surface area contributed by atoms with Crippen molar-refractivity contribution in [1.29, 1.82) is 0 Å².